The molecule has 0 atom stereocenters. The minimum absolute atomic E-state index is 0.226. The van der Waals surface area contributed by atoms with Crippen LogP contribution >= 0.6 is 0 Å². The standard InChI is InChI=1S/C12H15N3O2/c16-7-10-11-6-14(4-5-15(11)8-13-10)12(17)9-2-1-3-9/h7-9H,1-6H2. The highest BCUT2D eigenvalue weighted by Crippen LogP contribution is 2.29. The van der Waals surface area contributed by atoms with Crippen LogP contribution in [0.5, 0.6) is 0 Å². The van der Waals surface area contributed by atoms with Crippen LogP contribution in [0.25, 0.3) is 0 Å². The van der Waals surface area contributed by atoms with Gasteiger partial charge < -0.3 is 9.47 Å². The van der Waals surface area contributed by atoms with E-state index in [1.54, 1.807) is 6.33 Å². The molecular weight excluding hydrogens is 218 g/mol. The summed E-state index contributed by atoms with van der Waals surface area (Å²) >= 11 is 0. The molecule has 3 rings (SSSR count). The van der Waals surface area contributed by atoms with E-state index in [0.29, 0.717) is 12.2 Å². The van der Waals surface area contributed by atoms with Gasteiger partial charge in [0.15, 0.2) is 6.29 Å². The predicted octanol–water partition coefficient (Wildman–Crippen LogP) is 0.838. The summed E-state index contributed by atoms with van der Waals surface area (Å²) in [6.07, 6.45) is 5.67. The van der Waals surface area contributed by atoms with Crippen molar-refractivity contribution in [2.45, 2.75) is 32.4 Å². The summed E-state index contributed by atoms with van der Waals surface area (Å²) in [6, 6.07) is 0. The van der Waals surface area contributed by atoms with E-state index in [2.05, 4.69) is 4.98 Å². The number of aldehydes is 1. The van der Waals surface area contributed by atoms with E-state index in [9.17, 15) is 9.59 Å². The SMILES string of the molecule is O=Cc1ncn2c1CN(C(=O)C1CCC1)CC2. The molecule has 0 N–H and O–H groups in total. The number of amides is 1. The van der Waals surface area contributed by atoms with Crippen LogP contribution in [0.1, 0.15) is 35.4 Å². The maximum atomic E-state index is 12.1. The van der Waals surface area contributed by atoms with Crippen LogP contribution in [0, 0.1) is 5.92 Å². The van der Waals surface area contributed by atoms with Gasteiger partial charge in [-0.05, 0) is 12.8 Å². The molecule has 0 saturated heterocycles. The molecule has 5 heteroatoms. The summed E-state index contributed by atoms with van der Waals surface area (Å²) in [5.41, 5.74) is 1.34. The van der Waals surface area contributed by atoms with E-state index < -0.39 is 0 Å². The topological polar surface area (TPSA) is 55.2 Å². The fourth-order valence-corrected chi connectivity index (χ4v) is 2.48. The van der Waals surface area contributed by atoms with Gasteiger partial charge in [-0.1, -0.05) is 6.42 Å². The minimum atomic E-state index is 0.226. The van der Waals surface area contributed by atoms with E-state index in [0.717, 1.165) is 37.9 Å². The quantitative estimate of drug-likeness (QED) is 0.711. The number of nitrogens with zero attached hydrogens (tertiary/aromatic N) is 3. The molecule has 90 valence electrons. The average molecular weight is 233 g/mol. The Morgan fingerprint density at radius 2 is 2.24 bits per heavy atom. The highest BCUT2D eigenvalue weighted by atomic mass is 16.2. The van der Waals surface area contributed by atoms with Crippen molar-refractivity contribution >= 4 is 12.2 Å². The number of imidazole rings is 1. The molecule has 2 heterocycles. The van der Waals surface area contributed by atoms with Gasteiger partial charge in [-0.25, -0.2) is 4.98 Å². The molecule has 5 nitrogen and oxygen atoms in total. The van der Waals surface area contributed by atoms with Crippen molar-refractivity contribution in [3.8, 4) is 0 Å². The molecule has 1 fully saturated rings. The molecule has 1 saturated carbocycles. The van der Waals surface area contributed by atoms with Gasteiger partial charge in [0.05, 0.1) is 18.6 Å². The lowest BCUT2D eigenvalue weighted by Crippen LogP contribution is -2.43. The Kier molecular flexibility index (Phi) is 2.46. The summed E-state index contributed by atoms with van der Waals surface area (Å²) in [7, 11) is 0. The third kappa shape index (κ3) is 1.66. The zero-order valence-corrected chi connectivity index (χ0v) is 9.63. The third-order valence-electron chi connectivity index (χ3n) is 3.81. The van der Waals surface area contributed by atoms with E-state index in [1.807, 2.05) is 9.47 Å². The van der Waals surface area contributed by atoms with Crippen molar-refractivity contribution in [1.82, 2.24) is 14.5 Å². The van der Waals surface area contributed by atoms with Gasteiger partial charge in [-0.15, -0.1) is 0 Å². The van der Waals surface area contributed by atoms with Crippen molar-refractivity contribution in [1.29, 1.82) is 0 Å². The Morgan fingerprint density at radius 3 is 2.88 bits per heavy atom. The van der Waals surface area contributed by atoms with Crippen LogP contribution < -0.4 is 0 Å². The van der Waals surface area contributed by atoms with Gasteiger partial charge in [-0.3, -0.25) is 9.59 Å². The monoisotopic (exact) mass is 233 g/mol. The van der Waals surface area contributed by atoms with Crippen molar-refractivity contribution in [2.24, 2.45) is 5.92 Å². The molecule has 2 aliphatic rings. The van der Waals surface area contributed by atoms with E-state index in [4.69, 9.17) is 0 Å². The molecule has 0 aromatic carbocycles. The molecule has 1 aromatic rings. The van der Waals surface area contributed by atoms with Crippen molar-refractivity contribution in [3.63, 3.8) is 0 Å². The van der Waals surface area contributed by atoms with Gasteiger partial charge >= 0.3 is 0 Å². The van der Waals surface area contributed by atoms with Gasteiger partial charge in [0, 0.05) is 19.0 Å². The molecule has 0 unspecified atom stereocenters. The second-order valence-corrected chi connectivity index (χ2v) is 4.78. The van der Waals surface area contributed by atoms with Crippen LogP contribution in [0.4, 0.5) is 0 Å². The van der Waals surface area contributed by atoms with Crippen LogP contribution in [0.15, 0.2) is 6.33 Å². The second-order valence-electron chi connectivity index (χ2n) is 4.78. The first-order chi connectivity index (χ1) is 8.29. The van der Waals surface area contributed by atoms with Crippen molar-refractivity contribution < 1.29 is 9.59 Å². The summed E-state index contributed by atoms with van der Waals surface area (Å²) in [5, 5.41) is 0. The Labute approximate surface area is 99.4 Å². The van der Waals surface area contributed by atoms with Crippen molar-refractivity contribution in [2.75, 3.05) is 6.54 Å². The maximum absolute atomic E-state index is 12.1. The number of hydrogen-bond acceptors (Lipinski definition) is 3. The average Bonchev–Trinajstić information content (AvgIpc) is 2.68. The number of carbonyl (C=O) groups excluding carboxylic acids is 2. The molecule has 0 radical (unpaired) electrons. The van der Waals surface area contributed by atoms with Crippen molar-refractivity contribution in [3.05, 3.63) is 17.7 Å². The number of carbonyl (C=O) groups is 2. The van der Waals surface area contributed by atoms with E-state index >= 15 is 0 Å². The number of aromatic nitrogens is 2. The normalized spacial score (nSPS) is 19.6. The summed E-state index contributed by atoms with van der Waals surface area (Å²) in [4.78, 5) is 28.9. The predicted molar refractivity (Wildman–Crippen MR) is 60.4 cm³/mol. The highest BCUT2D eigenvalue weighted by molar-refractivity contribution is 5.80. The van der Waals surface area contributed by atoms with Crippen LogP contribution in [0.3, 0.4) is 0 Å². The Morgan fingerprint density at radius 1 is 1.41 bits per heavy atom. The third-order valence-corrected chi connectivity index (χ3v) is 3.81. The first-order valence-electron chi connectivity index (χ1n) is 6.07. The van der Waals surface area contributed by atoms with E-state index in [1.165, 1.54) is 6.42 Å². The first-order valence-corrected chi connectivity index (χ1v) is 6.07. The lowest BCUT2D eigenvalue weighted by Gasteiger charge is -2.34. The number of fused-ring (bicyclic) bond motifs is 1. The fraction of sp³-hybridized carbons (Fsp3) is 0.583. The fourth-order valence-electron chi connectivity index (χ4n) is 2.48. The Bertz CT molecular complexity index is 462. The molecule has 1 aliphatic heterocycles. The van der Waals surface area contributed by atoms with E-state index in [-0.39, 0.29) is 11.8 Å². The Balaban J connectivity index is 1.79. The van der Waals surface area contributed by atoms with Crippen LogP contribution in [-0.2, 0) is 17.9 Å². The van der Waals surface area contributed by atoms with Crippen LogP contribution in [-0.4, -0.2) is 33.2 Å². The molecule has 1 amide bonds. The highest BCUT2D eigenvalue weighted by Gasteiger charge is 2.31. The smallest absolute Gasteiger partial charge is 0.226 e. The van der Waals surface area contributed by atoms with Gasteiger partial charge in [0.2, 0.25) is 5.91 Å². The summed E-state index contributed by atoms with van der Waals surface area (Å²) in [6.45, 7) is 2.01. The maximum Gasteiger partial charge on any atom is 0.226 e. The largest absolute Gasteiger partial charge is 0.335 e. The summed E-state index contributed by atoms with van der Waals surface area (Å²) < 4.78 is 1.97. The Hall–Kier alpha value is -1.65. The zero-order valence-electron chi connectivity index (χ0n) is 9.63. The molecule has 17 heavy (non-hydrogen) atoms. The molecule has 1 aliphatic carbocycles. The minimum Gasteiger partial charge on any atom is -0.335 e. The second kappa shape index (κ2) is 3.98. The zero-order chi connectivity index (χ0) is 11.8. The van der Waals surface area contributed by atoms with Gasteiger partial charge in [0.1, 0.15) is 5.69 Å². The number of rotatable bonds is 2. The lowest BCUT2D eigenvalue weighted by atomic mass is 9.84. The lowest BCUT2D eigenvalue weighted by molar-refractivity contribution is -0.139. The van der Waals surface area contributed by atoms with Crippen LogP contribution in [0.2, 0.25) is 0 Å². The molecule has 1 aromatic heterocycles. The summed E-state index contributed by atoms with van der Waals surface area (Å²) in [5.74, 6) is 0.477. The number of hydrogen-bond donors (Lipinski definition) is 0. The molecule has 0 spiro atoms. The molecular formula is C12H15N3O2. The van der Waals surface area contributed by atoms with Gasteiger partial charge in [0.25, 0.3) is 0 Å². The first kappa shape index (κ1) is 10.5. The van der Waals surface area contributed by atoms with Gasteiger partial charge in [-0.2, -0.15) is 0 Å². The molecule has 0 bridgehead atoms.